The maximum atomic E-state index is 10.5. The lowest BCUT2D eigenvalue weighted by Crippen LogP contribution is -2.62. The molecule has 0 amide bonds. The van der Waals surface area contributed by atoms with Crippen molar-refractivity contribution in [1.82, 2.24) is 0 Å². The van der Waals surface area contributed by atoms with E-state index in [1.165, 1.54) is 19.3 Å². The smallest absolute Gasteiger partial charge is 0.130 e. The predicted molar refractivity (Wildman–Crippen MR) is 124 cm³/mol. The number of hydrogen-bond donors (Lipinski definition) is 1. The van der Waals surface area contributed by atoms with Gasteiger partial charge in [-0.3, -0.25) is 0 Å². The largest absolute Gasteiger partial charge is 0.393 e. The Kier molecular flexibility index (Phi) is 5.13. The van der Waals surface area contributed by atoms with Gasteiger partial charge in [-0.1, -0.05) is 65.8 Å². The first-order valence-electron chi connectivity index (χ1n) is 13.0. The molecule has 2 heterocycles. The molecular formula is C28H44O3. The molecule has 3 heteroatoms. The molecule has 4 bridgehead atoms. The highest BCUT2D eigenvalue weighted by Crippen LogP contribution is 2.73. The second-order valence-electron chi connectivity index (χ2n) is 12.7. The molecule has 3 saturated carbocycles. The first-order valence-corrected chi connectivity index (χ1v) is 13.0. The monoisotopic (exact) mass is 428 g/mol. The second-order valence-corrected chi connectivity index (χ2v) is 12.7. The van der Waals surface area contributed by atoms with Crippen LogP contribution in [0.5, 0.6) is 0 Å². The second kappa shape index (κ2) is 7.18. The summed E-state index contributed by atoms with van der Waals surface area (Å²) in [6.07, 6.45) is 16.8. The molecule has 0 aromatic heterocycles. The first kappa shape index (κ1) is 22.2. The number of rotatable bonds is 4. The molecular weight excluding hydrogens is 384 g/mol. The molecule has 10 atom stereocenters. The Hall–Kier alpha value is -0.640. The van der Waals surface area contributed by atoms with Crippen LogP contribution in [0.15, 0.2) is 24.3 Å². The molecule has 31 heavy (non-hydrogen) atoms. The Labute approximate surface area is 189 Å². The zero-order valence-corrected chi connectivity index (χ0v) is 20.6. The molecule has 0 unspecified atom stereocenters. The molecule has 1 N–H and O–H groups in total. The third kappa shape index (κ3) is 2.81. The maximum Gasteiger partial charge on any atom is 0.130 e. The van der Waals surface area contributed by atoms with E-state index in [-0.39, 0.29) is 22.5 Å². The molecule has 6 aliphatic rings. The van der Waals surface area contributed by atoms with Gasteiger partial charge in [-0.25, -0.2) is 9.78 Å². The zero-order valence-electron chi connectivity index (χ0n) is 20.6. The van der Waals surface area contributed by atoms with Gasteiger partial charge < -0.3 is 5.11 Å². The summed E-state index contributed by atoms with van der Waals surface area (Å²) in [7, 11) is 0. The van der Waals surface area contributed by atoms with Gasteiger partial charge in [0.05, 0.1) is 6.10 Å². The summed E-state index contributed by atoms with van der Waals surface area (Å²) in [5.74, 6) is 3.49. The molecule has 0 aromatic carbocycles. The van der Waals surface area contributed by atoms with Crippen LogP contribution in [0.3, 0.4) is 0 Å². The number of fused-ring (bicyclic) bond motifs is 1. The summed E-state index contributed by atoms with van der Waals surface area (Å²) < 4.78 is 0. The summed E-state index contributed by atoms with van der Waals surface area (Å²) in [6, 6.07) is 0. The first-order chi connectivity index (χ1) is 14.6. The lowest BCUT2D eigenvalue weighted by Gasteiger charge is -2.60. The summed E-state index contributed by atoms with van der Waals surface area (Å²) in [6.45, 7) is 14.3. The Bertz CT molecular complexity index is 772. The molecule has 0 aromatic rings. The highest BCUT2D eigenvalue weighted by atomic mass is 17.2. The molecule has 2 aliphatic heterocycles. The van der Waals surface area contributed by atoms with E-state index < -0.39 is 5.60 Å². The van der Waals surface area contributed by atoms with Crippen molar-refractivity contribution in [1.29, 1.82) is 0 Å². The lowest BCUT2D eigenvalue weighted by atomic mass is 9.44. The van der Waals surface area contributed by atoms with Crippen molar-refractivity contribution < 1.29 is 14.9 Å². The fourth-order valence-corrected chi connectivity index (χ4v) is 8.62. The Morgan fingerprint density at radius 2 is 1.68 bits per heavy atom. The van der Waals surface area contributed by atoms with Crippen molar-refractivity contribution in [3.8, 4) is 0 Å². The molecule has 4 aliphatic carbocycles. The van der Waals surface area contributed by atoms with Crippen LogP contribution in [0.25, 0.3) is 0 Å². The van der Waals surface area contributed by atoms with Gasteiger partial charge in [0.2, 0.25) is 0 Å². The fraction of sp³-hybridized carbons (Fsp3) is 0.857. The molecule has 0 radical (unpaired) electrons. The number of hydrogen-bond acceptors (Lipinski definition) is 3. The molecule has 2 spiro atoms. The van der Waals surface area contributed by atoms with Gasteiger partial charge in [-0.05, 0) is 68.1 Å². The van der Waals surface area contributed by atoms with E-state index in [0.717, 1.165) is 19.3 Å². The quantitative estimate of drug-likeness (QED) is 0.412. The Balaban J connectivity index is 1.49. The van der Waals surface area contributed by atoms with Crippen molar-refractivity contribution in [2.75, 3.05) is 0 Å². The number of aliphatic hydroxyl groups excluding tert-OH is 1. The van der Waals surface area contributed by atoms with Gasteiger partial charge in [0.15, 0.2) is 0 Å². The number of allylic oxidation sites excluding steroid dienone is 2. The minimum atomic E-state index is -0.461. The van der Waals surface area contributed by atoms with Gasteiger partial charge in [-0.2, -0.15) is 0 Å². The van der Waals surface area contributed by atoms with E-state index in [1.54, 1.807) is 0 Å². The maximum absolute atomic E-state index is 10.5. The minimum Gasteiger partial charge on any atom is -0.393 e. The standard InChI is InChI=1S/C28H44O3/c1-18(2)19(3)7-8-20(4)22-12-16-28-24-11-15-27(30-31-28)17-21(29)9-13-25(27,5)23(24)10-14-26(22,28)6/h7-8,11,15,18-24,29H,9-10,12-14,16-17H2,1-6H3/b8-7+/t19-,20+,21-,22+,23-,24+,25+,26+,27+,28+/m0/s1. The summed E-state index contributed by atoms with van der Waals surface area (Å²) >= 11 is 0. The van der Waals surface area contributed by atoms with E-state index in [9.17, 15) is 5.11 Å². The zero-order chi connectivity index (χ0) is 22.2. The average Bonchev–Trinajstić information content (AvgIpc) is 2.89. The third-order valence-electron chi connectivity index (χ3n) is 11.2. The molecule has 174 valence electrons. The van der Waals surface area contributed by atoms with Gasteiger partial charge in [0.25, 0.3) is 0 Å². The summed E-state index contributed by atoms with van der Waals surface area (Å²) in [5.41, 5.74) is -0.501. The third-order valence-corrected chi connectivity index (χ3v) is 11.2. The molecule has 1 saturated heterocycles. The molecule has 3 nitrogen and oxygen atoms in total. The molecule has 6 rings (SSSR count). The van der Waals surface area contributed by atoms with Crippen molar-refractivity contribution in [2.24, 2.45) is 46.3 Å². The van der Waals surface area contributed by atoms with E-state index in [0.29, 0.717) is 41.9 Å². The summed E-state index contributed by atoms with van der Waals surface area (Å²) in [5, 5.41) is 10.5. The van der Waals surface area contributed by atoms with Crippen molar-refractivity contribution in [3.05, 3.63) is 24.3 Å². The normalized spacial score (nSPS) is 52.8. The van der Waals surface area contributed by atoms with E-state index >= 15 is 0 Å². The van der Waals surface area contributed by atoms with E-state index in [2.05, 4.69) is 65.8 Å². The average molecular weight is 429 g/mol. The van der Waals surface area contributed by atoms with Crippen LogP contribution in [-0.2, 0) is 9.78 Å². The van der Waals surface area contributed by atoms with Gasteiger partial charge in [0.1, 0.15) is 11.2 Å². The Morgan fingerprint density at radius 3 is 2.42 bits per heavy atom. The highest BCUT2D eigenvalue weighted by molar-refractivity contribution is 5.30. The van der Waals surface area contributed by atoms with Gasteiger partial charge in [0, 0.05) is 23.2 Å². The van der Waals surface area contributed by atoms with Crippen LogP contribution in [0.1, 0.15) is 86.5 Å². The van der Waals surface area contributed by atoms with E-state index in [4.69, 9.17) is 9.78 Å². The highest BCUT2D eigenvalue weighted by Gasteiger charge is 2.74. The van der Waals surface area contributed by atoms with Gasteiger partial charge in [-0.15, -0.1) is 0 Å². The van der Waals surface area contributed by atoms with Crippen LogP contribution >= 0.6 is 0 Å². The van der Waals surface area contributed by atoms with Crippen LogP contribution < -0.4 is 0 Å². The van der Waals surface area contributed by atoms with Crippen molar-refractivity contribution in [3.63, 3.8) is 0 Å². The van der Waals surface area contributed by atoms with Crippen LogP contribution in [-0.4, -0.2) is 22.4 Å². The van der Waals surface area contributed by atoms with Crippen LogP contribution in [0.2, 0.25) is 0 Å². The van der Waals surface area contributed by atoms with E-state index in [1.807, 2.05) is 0 Å². The lowest BCUT2D eigenvalue weighted by molar-refractivity contribution is -0.430. The SMILES string of the molecule is CC(C)[C@@H](C)/C=C/[C@@H](C)[C@H]1CC[C@@]23OO[C@@]45C=C[C@@H]2[C@H](CC[C@]13C)[C@@]4(C)CC[C@H](O)C5. The van der Waals surface area contributed by atoms with Crippen molar-refractivity contribution >= 4 is 0 Å². The summed E-state index contributed by atoms with van der Waals surface area (Å²) in [4.78, 5) is 13.2. The molecule has 4 fully saturated rings. The minimum absolute atomic E-state index is 0.0623. The van der Waals surface area contributed by atoms with Crippen LogP contribution in [0, 0.1) is 46.3 Å². The topological polar surface area (TPSA) is 38.7 Å². The fourth-order valence-electron chi connectivity index (χ4n) is 8.62. The van der Waals surface area contributed by atoms with Gasteiger partial charge >= 0.3 is 0 Å². The Morgan fingerprint density at radius 1 is 0.935 bits per heavy atom. The van der Waals surface area contributed by atoms with Crippen LogP contribution in [0.4, 0.5) is 0 Å². The van der Waals surface area contributed by atoms with Crippen molar-refractivity contribution in [2.45, 2.75) is 104 Å². The number of aliphatic hydroxyl groups is 1. The predicted octanol–water partition coefficient (Wildman–Crippen LogP) is 6.47.